The van der Waals surface area contributed by atoms with E-state index in [0.717, 1.165) is 22.1 Å². The molecular formula is C16H14BrNO. The Kier molecular flexibility index (Phi) is 3.38. The molecular weight excluding hydrogens is 302 g/mol. The van der Waals surface area contributed by atoms with Crippen LogP contribution in [0.2, 0.25) is 0 Å². The third-order valence-electron chi connectivity index (χ3n) is 3.45. The standard InChI is InChI=1S/C16H14BrNO/c17-14-8-5-12(6-9-14)11-18-15-4-2-1-3-13(15)7-10-16(18)19/h1-6,8-9H,7,10-11H2. The van der Waals surface area contributed by atoms with Crippen molar-refractivity contribution in [1.29, 1.82) is 0 Å². The van der Waals surface area contributed by atoms with Crippen molar-refractivity contribution in [1.82, 2.24) is 0 Å². The molecule has 1 amide bonds. The highest BCUT2D eigenvalue weighted by Gasteiger charge is 2.23. The lowest BCUT2D eigenvalue weighted by Gasteiger charge is -2.29. The maximum atomic E-state index is 12.1. The van der Waals surface area contributed by atoms with Crippen molar-refractivity contribution in [3.05, 3.63) is 64.1 Å². The summed E-state index contributed by atoms with van der Waals surface area (Å²) in [6.45, 7) is 0.642. The number of fused-ring (bicyclic) bond motifs is 1. The number of carbonyl (C=O) groups is 1. The predicted octanol–water partition coefficient (Wildman–Crippen LogP) is 3.93. The molecule has 2 aromatic rings. The Labute approximate surface area is 121 Å². The SMILES string of the molecule is O=C1CCc2ccccc2N1Cc1ccc(Br)cc1. The zero-order valence-corrected chi connectivity index (χ0v) is 12.1. The van der Waals surface area contributed by atoms with Crippen LogP contribution in [-0.4, -0.2) is 5.91 Å². The number of benzene rings is 2. The third kappa shape index (κ3) is 2.56. The van der Waals surface area contributed by atoms with Gasteiger partial charge in [-0.3, -0.25) is 4.79 Å². The fourth-order valence-corrected chi connectivity index (χ4v) is 2.71. The Morgan fingerprint density at radius 2 is 1.74 bits per heavy atom. The van der Waals surface area contributed by atoms with E-state index in [2.05, 4.69) is 34.1 Å². The number of amides is 1. The molecule has 0 bridgehead atoms. The average molecular weight is 316 g/mol. The molecule has 0 spiro atoms. The summed E-state index contributed by atoms with van der Waals surface area (Å²) in [6, 6.07) is 16.3. The minimum Gasteiger partial charge on any atom is -0.308 e. The molecule has 1 aliphatic rings. The van der Waals surface area contributed by atoms with Gasteiger partial charge >= 0.3 is 0 Å². The molecule has 2 nitrogen and oxygen atoms in total. The first-order valence-electron chi connectivity index (χ1n) is 6.37. The van der Waals surface area contributed by atoms with Crippen LogP contribution in [0.4, 0.5) is 5.69 Å². The second-order valence-corrected chi connectivity index (χ2v) is 5.65. The van der Waals surface area contributed by atoms with E-state index in [1.807, 2.05) is 35.2 Å². The van der Waals surface area contributed by atoms with E-state index in [1.165, 1.54) is 5.56 Å². The summed E-state index contributed by atoms with van der Waals surface area (Å²) >= 11 is 3.43. The molecule has 0 saturated heterocycles. The molecule has 96 valence electrons. The van der Waals surface area contributed by atoms with Crippen molar-refractivity contribution in [2.24, 2.45) is 0 Å². The first kappa shape index (κ1) is 12.4. The zero-order valence-electron chi connectivity index (χ0n) is 10.5. The highest BCUT2D eigenvalue weighted by Crippen LogP contribution is 2.29. The zero-order chi connectivity index (χ0) is 13.2. The van der Waals surface area contributed by atoms with Crippen molar-refractivity contribution in [2.75, 3.05) is 4.90 Å². The van der Waals surface area contributed by atoms with Gasteiger partial charge in [-0.2, -0.15) is 0 Å². The fraction of sp³-hybridized carbons (Fsp3) is 0.188. The number of hydrogen-bond acceptors (Lipinski definition) is 1. The van der Waals surface area contributed by atoms with E-state index in [0.29, 0.717) is 13.0 Å². The molecule has 0 N–H and O–H groups in total. The highest BCUT2D eigenvalue weighted by atomic mass is 79.9. The van der Waals surface area contributed by atoms with Gasteiger partial charge in [-0.15, -0.1) is 0 Å². The summed E-state index contributed by atoms with van der Waals surface area (Å²) in [5.74, 6) is 0.210. The quantitative estimate of drug-likeness (QED) is 0.822. The van der Waals surface area contributed by atoms with Crippen LogP contribution in [0.3, 0.4) is 0 Å². The van der Waals surface area contributed by atoms with Gasteiger partial charge in [-0.25, -0.2) is 0 Å². The van der Waals surface area contributed by atoms with E-state index in [-0.39, 0.29) is 5.91 Å². The number of para-hydroxylation sites is 1. The summed E-state index contributed by atoms with van der Waals surface area (Å²) in [5, 5.41) is 0. The predicted molar refractivity (Wildman–Crippen MR) is 80.1 cm³/mol. The first-order valence-corrected chi connectivity index (χ1v) is 7.16. The van der Waals surface area contributed by atoms with Crippen molar-refractivity contribution in [3.8, 4) is 0 Å². The maximum absolute atomic E-state index is 12.1. The maximum Gasteiger partial charge on any atom is 0.227 e. The summed E-state index contributed by atoms with van der Waals surface area (Å²) in [4.78, 5) is 14.0. The molecule has 0 saturated carbocycles. The molecule has 2 aromatic carbocycles. The van der Waals surface area contributed by atoms with Gasteiger partial charge in [0.25, 0.3) is 0 Å². The lowest BCUT2D eigenvalue weighted by molar-refractivity contribution is -0.119. The Morgan fingerprint density at radius 3 is 2.53 bits per heavy atom. The van der Waals surface area contributed by atoms with Gasteiger partial charge in [0.15, 0.2) is 0 Å². The number of anilines is 1. The summed E-state index contributed by atoms with van der Waals surface area (Å²) in [6.07, 6.45) is 1.46. The van der Waals surface area contributed by atoms with E-state index in [9.17, 15) is 4.79 Å². The van der Waals surface area contributed by atoms with Crippen LogP contribution in [0.1, 0.15) is 17.5 Å². The monoisotopic (exact) mass is 315 g/mol. The van der Waals surface area contributed by atoms with Crippen LogP contribution in [0, 0.1) is 0 Å². The van der Waals surface area contributed by atoms with Crippen LogP contribution >= 0.6 is 15.9 Å². The molecule has 3 heteroatoms. The number of nitrogens with zero attached hydrogens (tertiary/aromatic N) is 1. The van der Waals surface area contributed by atoms with E-state index in [4.69, 9.17) is 0 Å². The second-order valence-electron chi connectivity index (χ2n) is 4.74. The Bertz CT molecular complexity index is 606. The van der Waals surface area contributed by atoms with Crippen LogP contribution in [0.15, 0.2) is 53.0 Å². The molecule has 19 heavy (non-hydrogen) atoms. The molecule has 0 aliphatic carbocycles. The van der Waals surface area contributed by atoms with Gasteiger partial charge in [0.2, 0.25) is 5.91 Å². The molecule has 0 radical (unpaired) electrons. The van der Waals surface area contributed by atoms with Gasteiger partial charge < -0.3 is 4.90 Å². The molecule has 0 atom stereocenters. The first-order chi connectivity index (χ1) is 9.24. The number of carbonyl (C=O) groups excluding carboxylic acids is 1. The van der Waals surface area contributed by atoms with Gasteiger partial charge in [0.05, 0.1) is 6.54 Å². The number of hydrogen-bond donors (Lipinski definition) is 0. The fourth-order valence-electron chi connectivity index (χ4n) is 2.44. The highest BCUT2D eigenvalue weighted by molar-refractivity contribution is 9.10. The molecule has 3 rings (SSSR count). The van der Waals surface area contributed by atoms with Crippen molar-refractivity contribution >= 4 is 27.5 Å². The van der Waals surface area contributed by atoms with Crippen molar-refractivity contribution < 1.29 is 4.79 Å². The van der Waals surface area contributed by atoms with Crippen LogP contribution in [-0.2, 0) is 17.8 Å². The van der Waals surface area contributed by atoms with Gasteiger partial charge in [0.1, 0.15) is 0 Å². The van der Waals surface area contributed by atoms with Crippen LogP contribution < -0.4 is 4.90 Å². The number of rotatable bonds is 2. The molecule has 0 unspecified atom stereocenters. The normalized spacial score (nSPS) is 14.4. The van der Waals surface area contributed by atoms with Crippen LogP contribution in [0.5, 0.6) is 0 Å². The van der Waals surface area contributed by atoms with Gasteiger partial charge in [0, 0.05) is 16.6 Å². The lowest BCUT2D eigenvalue weighted by Crippen LogP contribution is -2.34. The Hall–Kier alpha value is -1.61. The number of halogens is 1. The third-order valence-corrected chi connectivity index (χ3v) is 3.97. The van der Waals surface area contributed by atoms with Gasteiger partial charge in [-0.05, 0) is 35.7 Å². The molecule has 0 aromatic heterocycles. The minimum atomic E-state index is 0.210. The Morgan fingerprint density at radius 1 is 1.00 bits per heavy atom. The second kappa shape index (κ2) is 5.17. The average Bonchev–Trinajstić information content (AvgIpc) is 2.44. The van der Waals surface area contributed by atoms with Crippen molar-refractivity contribution in [2.45, 2.75) is 19.4 Å². The topological polar surface area (TPSA) is 20.3 Å². The smallest absolute Gasteiger partial charge is 0.227 e. The molecule has 0 fully saturated rings. The summed E-state index contributed by atoms with van der Waals surface area (Å²) < 4.78 is 1.06. The lowest BCUT2D eigenvalue weighted by atomic mass is 10.0. The van der Waals surface area contributed by atoms with E-state index >= 15 is 0 Å². The van der Waals surface area contributed by atoms with Crippen LogP contribution in [0.25, 0.3) is 0 Å². The van der Waals surface area contributed by atoms with E-state index < -0.39 is 0 Å². The number of aryl methyl sites for hydroxylation is 1. The Balaban J connectivity index is 1.91. The van der Waals surface area contributed by atoms with Crippen molar-refractivity contribution in [3.63, 3.8) is 0 Å². The minimum absolute atomic E-state index is 0.210. The molecule has 1 aliphatic heterocycles. The molecule has 1 heterocycles. The van der Waals surface area contributed by atoms with Gasteiger partial charge in [-0.1, -0.05) is 46.3 Å². The summed E-state index contributed by atoms with van der Waals surface area (Å²) in [7, 11) is 0. The summed E-state index contributed by atoms with van der Waals surface area (Å²) in [5.41, 5.74) is 3.47. The largest absolute Gasteiger partial charge is 0.308 e. The van der Waals surface area contributed by atoms with E-state index in [1.54, 1.807) is 0 Å².